The number of aliphatic hydroxyl groups is 1. The minimum atomic E-state index is -4.49. The Balaban J connectivity index is 1.59. The Morgan fingerprint density at radius 1 is 1.02 bits per heavy atom. The first-order valence-corrected chi connectivity index (χ1v) is 15.4. The van der Waals surface area contributed by atoms with Gasteiger partial charge in [0.05, 0.1) is 23.2 Å². The van der Waals surface area contributed by atoms with Gasteiger partial charge in [-0.3, -0.25) is 9.59 Å². The van der Waals surface area contributed by atoms with Crippen LogP contribution in [0.2, 0.25) is 0 Å². The van der Waals surface area contributed by atoms with Crippen LogP contribution in [0.4, 0.5) is 13.2 Å². The molecule has 5 rings (SSSR count). The van der Waals surface area contributed by atoms with Crippen LogP contribution < -0.4 is 5.32 Å². The molecule has 0 aromatic rings. The highest BCUT2D eigenvalue weighted by Gasteiger charge is 2.73. The fourth-order valence-electron chi connectivity index (χ4n) is 11.2. The van der Waals surface area contributed by atoms with Gasteiger partial charge in [-0.05, 0) is 89.8 Å². The van der Waals surface area contributed by atoms with Crippen molar-refractivity contribution in [2.45, 2.75) is 112 Å². The smallest absolute Gasteiger partial charge is 0.387 e. The van der Waals surface area contributed by atoms with Crippen molar-refractivity contribution in [2.75, 3.05) is 6.54 Å². The Labute approximate surface area is 242 Å². The highest BCUT2D eigenvalue weighted by Crippen LogP contribution is 2.76. The molecule has 0 bridgehead atoms. The van der Waals surface area contributed by atoms with E-state index < -0.39 is 52.3 Å². The average Bonchev–Trinajstić information content (AvgIpc) is 2.85. The number of halogens is 3. The van der Waals surface area contributed by atoms with E-state index in [1.807, 2.05) is 19.9 Å². The van der Waals surface area contributed by atoms with Crippen LogP contribution in [0.15, 0.2) is 11.6 Å². The third-order valence-corrected chi connectivity index (χ3v) is 13.6. The van der Waals surface area contributed by atoms with Gasteiger partial charge in [-0.25, -0.2) is 0 Å². The Morgan fingerprint density at radius 3 is 2.27 bits per heavy atom. The minimum Gasteiger partial charge on any atom is -0.387 e. The summed E-state index contributed by atoms with van der Waals surface area (Å²) in [7, 11) is 0. The monoisotopic (exact) mass is 576 g/mol. The van der Waals surface area contributed by atoms with Crippen molar-refractivity contribution in [3.05, 3.63) is 11.6 Å². The molecule has 0 heterocycles. The molecule has 1 amide bonds. The number of alkyl halides is 3. The molecule has 8 heteroatoms. The second-order valence-electron chi connectivity index (χ2n) is 16.4. The van der Waals surface area contributed by atoms with Crippen LogP contribution in [0.25, 0.3) is 0 Å². The molecule has 5 aliphatic rings. The number of carbonyl (C=O) groups is 2. The number of carbonyl (C=O) groups excluding carboxylic acids is 2. The lowest BCUT2D eigenvalue weighted by Gasteiger charge is -2.72. The lowest BCUT2D eigenvalue weighted by molar-refractivity contribution is -0.226. The molecule has 4 fully saturated rings. The van der Waals surface area contributed by atoms with Crippen molar-refractivity contribution >= 4 is 11.7 Å². The normalized spacial score (nSPS) is 46.5. The molecule has 5 aliphatic carbocycles. The van der Waals surface area contributed by atoms with Crippen molar-refractivity contribution in [3.8, 4) is 6.07 Å². The van der Waals surface area contributed by atoms with Gasteiger partial charge in [0, 0.05) is 12.3 Å². The van der Waals surface area contributed by atoms with Crippen LogP contribution in [-0.2, 0) is 9.59 Å². The zero-order chi connectivity index (χ0) is 30.6. The van der Waals surface area contributed by atoms with E-state index in [4.69, 9.17) is 0 Å². The summed E-state index contributed by atoms with van der Waals surface area (Å²) in [5, 5.41) is 23.3. The fraction of sp³-hybridized carbons (Fsp3) is 0.848. The molecule has 0 saturated heterocycles. The number of fused-ring (bicyclic) bond motifs is 7. The number of rotatable bonds is 2. The van der Waals surface area contributed by atoms with Gasteiger partial charge in [0.1, 0.15) is 12.3 Å². The van der Waals surface area contributed by atoms with Crippen molar-refractivity contribution in [1.82, 2.24) is 5.32 Å². The Bertz CT molecular complexity index is 1220. The summed E-state index contributed by atoms with van der Waals surface area (Å²) in [5.41, 5.74) is -2.43. The minimum absolute atomic E-state index is 0.0409. The number of ketones is 1. The van der Waals surface area contributed by atoms with E-state index in [1.165, 1.54) is 0 Å². The number of nitrogens with zero attached hydrogens (tertiary/aromatic N) is 1. The SMILES string of the molecule is CC1(C)CC[C@]2(C(=O)NCC(F)(F)F)CC[C@]3(C)C(C(=O)C[C@@H]4[C@@]5(C)C=C(C#N)C(O)C(C)(C)[C@@H]5CC[C@]43C)C2C1. The number of aliphatic hydroxyl groups excluding tert-OH is 1. The second-order valence-corrected chi connectivity index (χ2v) is 16.4. The van der Waals surface area contributed by atoms with Gasteiger partial charge >= 0.3 is 6.18 Å². The number of Topliss-reactive ketones (excluding diaryl/α,β-unsaturated/α-hetero) is 1. The van der Waals surface area contributed by atoms with E-state index in [9.17, 15) is 33.1 Å². The average molecular weight is 577 g/mol. The molecular weight excluding hydrogens is 529 g/mol. The molecule has 0 aromatic heterocycles. The lowest BCUT2D eigenvalue weighted by atomic mass is 9.31. The van der Waals surface area contributed by atoms with Gasteiger partial charge in [-0.15, -0.1) is 0 Å². The van der Waals surface area contributed by atoms with E-state index in [1.54, 1.807) is 0 Å². The van der Waals surface area contributed by atoms with Gasteiger partial charge in [-0.1, -0.05) is 54.5 Å². The number of hydrogen-bond donors (Lipinski definition) is 2. The van der Waals surface area contributed by atoms with E-state index in [0.717, 1.165) is 19.3 Å². The molecule has 5 nitrogen and oxygen atoms in total. The Morgan fingerprint density at radius 2 is 1.66 bits per heavy atom. The molecule has 2 N–H and O–H groups in total. The third-order valence-electron chi connectivity index (χ3n) is 13.6. The maximum atomic E-state index is 14.5. The molecule has 0 aromatic carbocycles. The lowest BCUT2D eigenvalue weighted by Crippen LogP contribution is -2.70. The molecule has 0 aliphatic heterocycles. The van der Waals surface area contributed by atoms with Crippen molar-refractivity contribution in [2.24, 2.45) is 56.2 Å². The topological polar surface area (TPSA) is 90.2 Å². The predicted octanol–water partition coefficient (Wildman–Crippen LogP) is 6.76. The maximum absolute atomic E-state index is 14.5. The van der Waals surface area contributed by atoms with Crippen LogP contribution in [0.5, 0.6) is 0 Å². The standard InChI is InChI=1S/C33H47F3N2O3/c1-27(2)10-12-32(26(41)38-18-33(34,35)36)13-11-31(7)24(20(32)16-27)21(39)14-23-29(5)15-19(17-37)25(40)28(3,4)22(29)8-9-30(23,31)6/h15,20,22-25,40H,8-14,16,18H2,1-7H3,(H,38,41)/t20?,22-,23+,24?,25?,29-,30+,31+,32-/m0/s1. The van der Waals surface area contributed by atoms with Gasteiger partial charge in [-0.2, -0.15) is 18.4 Å². The van der Waals surface area contributed by atoms with E-state index in [2.05, 4.69) is 46.0 Å². The Kier molecular flexibility index (Phi) is 6.76. The fourth-order valence-corrected chi connectivity index (χ4v) is 11.2. The summed E-state index contributed by atoms with van der Waals surface area (Å²) in [4.78, 5) is 28.2. The molecule has 0 spiro atoms. The number of hydrogen-bond acceptors (Lipinski definition) is 4. The first kappa shape index (κ1) is 30.6. The first-order chi connectivity index (χ1) is 18.7. The van der Waals surface area contributed by atoms with Crippen LogP contribution >= 0.6 is 0 Å². The summed E-state index contributed by atoms with van der Waals surface area (Å²) < 4.78 is 39.5. The van der Waals surface area contributed by atoms with E-state index in [0.29, 0.717) is 37.7 Å². The van der Waals surface area contributed by atoms with E-state index >= 15 is 0 Å². The zero-order valence-corrected chi connectivity index (χ0v) is 25.7. The Hall–Kier alpha value is -1.88. The first-order valence-electron chi connectivity index (χ1n) is 15.4. The third kappa shape index (κ3) is 4.18. The summed E-state index contributed by atoms with van der Waals surface area (Å²) in [6.45, 7) is 13.7. The summed E-state index contributed by atoms with van der Waals surface area (Å²) in [6, 6.07) is 2.24. The summed E-state index contributed by atoms with van der Waals surface area (Å²) in [5.74, 6) is -1.10. The summed E-state index contributed by atoms with van der Waals surface area (Å²) in [6.07, 6.45) is 1.61. The van der Waals surface area contributed by atoms with Gasteiger partial charge in [0.15, 0.2) is 0 Å². The predicted molar refractivity (Wildman–Crippen MR) is 149 cm³/mol. The number of nitriles is 1. The zero-order valence-electron chi connectivity index (χ0n) is 25.7. The molecule has 0 radical (unpaired) electrons. The quantitative estimate of drug-likeness (QED) is 0.380. The number of nitrogens with one attached hydrogen (secondary N) is 1. The molecular formula is C33H47F3N2O3. The largest absolute Gasteiger partial charge is 0.405 e. The van der Waals surface area contributed by atoms with Crippen LogP contribution in [0.3, 0.4) is 0 Å². The molecule has 41 heavy (non-hydrogen) atoms. The second kappa shape index (κ2) is 9.07. The van der Waals surface area contributed by atoms with Crippen LogP contribution in [0.1, 0.15) is 99.8 Å². The molecule has 4 saturated carbocycles. The van der Waals surface area contributed by atoms with Crippen LogP contribution in [-0.4, -0.2) is 35.6 Å². The number of amides is 1. The maximum Gasteiger partial charge on any atom is 0.405 e. The molecule has 3 unspecified atom stereocenters. The van der Waals surface area contributed by atoms with Crippen molar-refractivity contribution in [1.29, 1.82) is 5.26 Å². The molecule has 228 valence electrons. The van der Waals surface area contributed by atoms with Crippen molar-refractivity contribution < 1.29 is 27.9 Å². The van der Waals surface area contributed by atoms with Gasteiger partial charge < -0.3 is 10.4 Å². The van der Waals surface area contributed by atoms with Gasteiger partial charge in [0.25, 0.3) is 0 Å². The van der Waals surface area contributed by atoms with Crippen LogP contribution in [0, 0.1) is 67.5 Å². The molecule has 9 atom stereocenters. The summed E-state index contributed by atoms with van der Waals surface area (Å²) >= 11 is 0. The highest BCUT2D eigenvalue weighted by molar-refractivity contribution is 5.88. The van der Waals surface area contributed by atoms with Crippen molar-refractivity contribution in [3.63, 3.8) is 0 Å². The van der Waals surface area contributed by atoms with Gasteiger partial charge in [0.2, 0.25) is 5.91 Å². The highest BCUT2D eigenvalue weighted by atomic mass is 19.4. The number of allylic oxidation sites excluding steroid dienone is 1. The van der Waals surface area contributed by atoms with E-state index in [-0.39, 0.29) is 34.4 Å².